The van der Waals surface area contributed by atoms with Crippen LogP contribution in [0.2, 0.25) is 0 Å². The van der Waals surface area contributed by atoms with Crippen molar-refractivity contribution in [2.24, 2.45) is 11.8 Å². The fraction of sp³-hybridized carbons (Fsp3) is 0.462. The van der Waals surface area contributed by atoms with E-state index in [-0.39, 0.29) is 18.3 Å². The van der Waals surface area contributed by atoms with Gasteiger partial charge in [0.25, 0.3) is 5.91 Å². The zero-order chi connectivity index (χ0) is 11.8. The average Bonchev–Trinajstić information content (AvgIpc) is 2.89. The normalized spacial score (nSPS) is 25.7. The average molecular weight is 332 g/mol. The number of fused-ring (bicyclic) bond motifs is 1. The summed E-state index contributed by atoms with van der Waals surface area (Å²) in [7, 11) is 0. The quantitative estimate of drug-likeness (QED) is 0.855. The molecule has 2 atom stereocenters. The van der Waals surface area contributed by atoms with Gasteiger partial charge in [0.05, 0.1) is 0 Å². The van der Waals surface area contributed by atoms with E-state index in [2.05, 4.69) is 21.2 Å². The van der Waals surface area contributed by atoms with Crippen molar-refractivity contribution in [3.8, 4) is 0 Å². The number of rotatable bonds is 1. The van der Waals surface area contributed by atoms with Crippen LogP contribution in [-0.2, 0) is 0 Å². The monoisotopic (exact) mass is 330 g/mol. The maximum Gasteiger partial charge on any atom is 0.253 e. The van der Waals surface area contributed by atoms with Crippen LogP contribution in [0.4, 0.5) is 0 Å². The molecule has 18 heavy (non-hydrogen) atoms. The van der Waals surface area contributed by atoms with E-state index in [1.165, 1.54) is 0 Å². The van der Waals surface area contributed by atoms with Crippen molar-refractivity contribution in [3.63, 3.8) is 0 Å². The molecular formula is C13H16BrClN2O. The fourth-order valence-corrected chi connectivity index (χ4v) is 3.06. The van der Waals surface area contributed by atoms with Crippen molar-refractivity contribution in [3.05, 3.63) is 34.3 Å². The van der Waals surface area contributed by atoms with Crippen LogP contribution in [0.15, 0.2) is 28.7 Å². The minimum Gasteiger partial charge on any atom is -0.338 e. The zero-order valence-corrected chi connectivity index (χ0v) is 12.3. The molecule has 0 spiro atoms. The molecule has 0 aliphatic carbocycles. The molecule has 98 valence electrons. The summed E-state index contributed by atoms with van der Waals surface area (Å²) in [5.74, 6) is 1.50. The van der Waals surface area contributed by atoms with Gasteiger partial charge in [-0.05, 0) is 36.1 Å². The van der Waals surface area contributed by atoms with Crippen molar-refractivity contribution in [1.82, 2.24) is 10.2 Å². The Hall–Kier alpha value is -0.580. The molecule has 5 heteroatoms. The summed E-state index contributed by atoms with van der Waals surface area (Å²) in [5.41, 5.74) is 0.793. The number of hydrogen-bond acceptors (Lipinski definition) is 2. The fourth-order valence-electron chi connectivity index (χ4n) is 2.80. The van der Waals surface area contributed by atoms with Gasteiger partial charge in [-0.15, -0.1) is 12.4 Å². The highest BCUT2D eigenvalue weighted by molar-refractivity contribution is 9.10. The second kappa shape index (κ2) is 5.59. The second-order valence-electron chi connectivity index (χ2n) is 4.90. The zero-order valence-electron chi connectivity index (χ0n) is 9.93. The molecule has 3 nitrogen and oxygen atoms in total. The first-order valence-electron chi connectivity index (χ1n) is 5.99. The Labute approximate surface area is 121 Å². The molecule has 2 unspecified atom stereocenters. The summed E-state index contributed by atoms with van der Waals surface area (Å²) in [6.45, 7) is 3.95. The van der Waals surface area contributed by atoms with Crippen molar-refractivity contribution >= 4 is 34.2 Å². The lowest BCUT2D eigenvalue weighted by molar-refractivity contribution is 0.0781. The Morgan fingerprint density at radius 3 is 2.28 bits per heavy atom. The van der Waals surface area contributed by atoms with Gasteiger partial charge in [0.2, 0.25) is 0 Å². The van der Waals surface area contributed by atoms with E-state index in [1.54, 1.807) is 0 Å². The largest absolute Gasteiger partial charge is 0.338 e. The molecule has 0 radical (unpaired) electrons. The molecule has 2 saturated heterocycles. The predicted molar refractivity (Wildman–Crippen MR) is 77.1 cm³/mol. The van der Waals surface area contributed by atoms with Gasteiger partial charge in [-0.1, -0.05) is 15.9 Å². The van der Waals surface area contributed by atoms with E-state index in [4.69, 9.17) is 0 Å². The third-order valence-electron chi connectivity index (χ3n) is 3.77. The van der Waals surface area contributed by atoms with Crippen molar-refractivity contribution < 1.29 is 4.79 Å². The first-order valence-corrected chi connectivity index (χ1v) is 6.79. The summed E-state index contributed by atoms with van der Waals surface area (Å²) in [4.78, 5) is 14.3. The summed E-state index contributed by atoms with van der Waals surface area (Å²) in [5, 5.41) is 3.39. The van der Waals surface area contributed by atoms with E-state index < -0.39 is 0 Å². The van der Waals surface area contributed by atoms with Crippen LogP contribution in [0.25, 0.3) is 0 Å². The smallest absolute Gasteiger partial charge is 0.253 e. The molecule has 2 heterocycles. The second-order valence-corrected chi connectivity index (χ2v) is 5.81. The van der Waals surface area contributed by atoms with Gasteiger partial charge in [0.1, 0.15) is 0 Å². The molecular weight excluding hydrogens is 316 g/mol. The molecule has 0 bridgehead atoms. The Kier molecular flexibility index (Phi) is 4.30. The van der Waals surface area contributed by atoms with Crippen molar-refractivity contribution in [2.45, 2.75) is 0 Å². The number of benzene rings is 1. The van der Waals surface area contributed by atoms with Gasteiger partial charge in [-0.25, -0.2) is 0 Å². The third kappa shape index (κ3) is 2.56. The number of halogens is 2. The highest BCUT2D eigenvalue weighted by Crippen LogP contribution is 2.27. The molecule has 1 aromatic rings. The maximum atomic E-state index is 12.3. The van der Waals surface area contributed by atoms with Gasteiger partial charge in [0.15, 0.2) is 0 Å². The SMILES string of the molecule is Cl.O=C(c1ccc(Br)cc1)N1CC2CNCC2C1. The summed E-state index contributed by atoms with van der Waals surface area (Å²) in [6.07, 6.45) is 0. The van der Waals surface area contributed by atoms with Crippen LogP contribution < -0.4 is 5.32 Å². The van der Waals surface area contributed by atoms with Crippen molar-refractivity contribution in [2.75, 3.05) is 26.2 Å². The molecule has 0 aromatic heterocycles. The number of carbonyl (C=O) groups is 1. The van der Waals surface area contributed by atoms with E-state index in [1.807, 2.05) is 29.2 Å². The molecule has 2 aliphatic heterocycles. The van der Waals surface area contributed by atoms with Gasteiger partial charge >= 0.3 is 0 Å². The standard InChI is InChI=1S/C13H15BrN2O.ClH/c14-12-3-1-9(2-4-12)13(17)16-7-10-5-15-6-11(10)8-16;/h1-4,10-11,15H,5-8H2;1H. The lowest BCUT2D eigenvalue weighted by Crippen LogP contribution is -2.31. The molecule has 3 rings (SSSR count). The van der Waals surface area contributed by atoms with E-state index in [0.29, 0.717) is 11.8 Å². The highest BCUT2D eigenvalue weighted by atomic mass is 79.9. The lowest BCUT2D eigenvalue weighted by Gasteiger charge is -2.17. The number of likely N-dealkylation sites (tertiary alicyclic amines) is 1. The first kappa shape index (κ1) is 13.8. The van der Waals surface area contributed by atoms with Gasteiger partial charge < -0.3 is 10.2 Å². The van der Waals surface area contributed by atoms with Crippen LogP contribution in [-0.4, -0.2) is 37.0 Å². The number of amides is 1. The van der Waals surface area contributed by atoms with Crippen LogP contribution in [0.5, 0.6) is 0 Å². The maximum absolute atomic E-state index is 12.3. The minimum atomic E-state index is 0. The van der Waals surface area contributed by atoms with E-state index >= 15 is 0 Å². The Balaban J connectivity index is 0.00000120. The van der Waals surface area contributed by atoms with Crippen LogP contribution >= 0.6 is 28.3 Å². The van der Waals surface area contributed by atoms with Gasteiger partial charge in [-0.2, -0.15) is 0 Å². The predicted octanol–water partition coefficient (Wildman–Crippen LogP) is 2.16. The summed E-state index contributed by atoms with van der Waals surface area (Å²) in [6, 6.07) is 7.62. The molecule has 2 aliphatic rings. The Morgan fingerprint density at radius 2 is 1.72 bits per heavy atom. The molecule has 1 aromatic carbocycles. The molecule has 1 amide bonds. The third-order valence-corrected chi connectivity index (χ3v) is 4.30. The summed E-state index contributed by atoms with van der Waals surface area (Å²) >= 11 is 3.38. The van der Waals surface area contributed by atoms with Gasteiger partial charge in [0, 0.05) is 36.2 Å². The van der Waals surface area contributed by atoms with Crippen LogP contribution in [0, 0.1) is 11.8 Å². The van der Waals surface area contributed by atoms with E-state index in [9.17, 15) is 4.79 Å². The topological polar surface area (TPSA) is 32.3 Å². The van der Waals surface area contributed by atoms with Crippen molar-refractivity contribution in [1.29, 1.82) is 0 Å². The number of hydrogen-bond donors (Lipinski definition) is 1. The summed E-state index contributed by atoms with van der Waals surface area (Å²) < 4.78 is 1.01. The highest BCUT2D eigenvalue weighted by Gasteiger charge is 2.38. The van der Waals surface area contributed by atoms with Crippen LogP contribution in [0.3, 0.4) is 0 Å². The number of carbonyl (C=O) groups excluding carboxylic acids is 1. The Bertz CT molecular complexity index is 425. The number of nitrogens with zero attached hydrogens (tertiary/aromatic N) is 1. The van der Waals surface area contributed by atoms with Crippen LogP contribution in [0.1, 0.15) is 10.4 Å². The molecule has 2 fully saturated rings. The molecule has 0 saturated carbocycles. The Morgan fingerprint density at radius 1 is 1.17 bits per heavy atom. The first-order chi connectivity index (χ1) is 8.24. The minimum absolute atomic E-state index is 0. The lowest BCUT2D eigenvalue weighted by atomic mass is 10.0. The number of nitrogens with one attached hydrogen (secondary N) is 1. The molecule has 1 N–H and O–H groups in total. The van der Waals surface area contributed by atoms with Gasteiger partial charge in [-0.3, -0.25) is 4.79 Å². The van der Waals surface area contributed by atoms with E-state index in [0.717, 1.165) is 36.2 Å².